The van der Waals surface area contributed by atoms with Crippen LogP contribution >= 0.6 is 0 Å². The number of nitrogens with one attached hydrogen (secondary N) is 1. The van der Waals surface area contributed by atoms with E-state index in [0.29, 0.717) is 0 Å². The van der Waals surface area contributed by atoms with Crippen LogP contribution in [0.25, 0.3) is 0 Å². The quantitative estimate of drug-likeness (QED) is 0.818. The molecule has 3 rings (SSSR count). The maximum Gasteiger partial charge on any atom is 0.00964 e. The van der Waals surface area contributed by atoms with Gasteiger partial charge in [-0.15, -0.1) is 0 Å². The van der Waals surface area contributed by atoms with E-state index in [2.05, 4.69) is 22.2 Å². The molecule has 1 saturated carbocycles. The Labute approximate surface area is 112 Å². The molecule has 0 atom stereocenters. The lowest BCUT2D eigenvalue weighted by molar-refractivity contribution is 0.174. The Bertz CT molecular complexity index is 248. The molecular formula is C15H29N3. The van der Waals surface area contributed by atoms with E-state index in [-0.39, 0.29) is 0 Å². The van der Waals surface area contributed by atoms with Gasteiger partial charge in [0.2, 0.25) is 0 Å². The molecule has 18 heavy (non-hydrogen) atoms. The van der Waals surface area contributed by atoms with Crippen molar-refractivity contribution in [2.75, 3.05) is 39.8 Å². The SMILES string of the molecule is CN1CCC(CNC2CCN(C3CC3)CC2)CC1. The van der Waals surface area contributed by atoms with Crippen LogP contribution in [-0.4, -0.2) is 61.7 Å². The van der Waals surface area contributed by atoms with Gasteiger partial charge in [-0.05, 0) is 84.2 Å². The van der Waals surface area contributed by atoms with Crippen LogP contribution < -0.4 is 5.32 Å². The predicted octanol–water partition coefficient (Wildman–Crippen LogP) is 1.54. The van der Waals surface area contributed by atoms with E-state index in [1.54, 1.807) is 0 Å². The first-order chi connectivity index (χ1) is 8.81. The third-order valence-corrected chi connectivity index (χ3v) is 5.13. The van der Waals surface area contributed by atoms with Crippen molar-refractivity contribution in [2.24, 2.45) is 5.92 Å². The molecular weight excluding hydrogens is 222 g/mol. The van der Waals surface area contributed by atoms with E-state index >= 15 is 0 Å². The minimum Gasteiger partial charge on any atom is -0.314 e. The molecule has 0 spiro atoms. The minimum absolute atomic E-state index is 0.805. The Morgan fingerprint density at radius 1 is 0.889 bits per heavy atom. The van der Waals surface area contributed by atoms with Gasteiger partial charge in [-0.1, -0.05) is 0 Å². The van der Waals surface area contributed by atoms with Gasteiger partial charge >= 0.3 is 0 Å². The summed E-state index contributed by atoms with van der Waals surface area (Å²) in [5, 5.41) is 3.84. The lowest BCUT2D eigenvalue weighted by Crippen LogP contribution is -2.45. The number of hydrogen-bond donors (Lipinski definition) is 1. The molecule has 0 amide bonds. The van der Waals surface area contributed by atoms with Gasteiger partial charge in [0.1, 0.15) is 0 Å². The van der Waals surface area contributed by atoms with Crippen molar-refractivity contribution < 1.29 is 0 Å². The van der Waals surface area contributed by atoms with Crippen molar-refractivity contribution in [1.29, 1.82) is 0 Å². The van der Waals surface area contributed by atoms with E-state index in [1.165, 1.54) is 71.2 Å². The van der Waals surface area contributed by atoms with Gasteiger partial charge in [-0.3, -0.25) is 0 Å². The summed E-state index contributed by atoms with van der Waals surface area (Å²) >= 11 is 0. The second kappa shape index (κ2) is 5.89. The summed E-state index contributed by atoms with van der Waals surface area (Å²) in [6.45, 7) is 6.55. The standard InChI is InChI=1S/C15H29N3/c1-17-8-4-13(5-9-17)12-16-14-6-10-18(11-7-14)15-2-3-15/h13-16H,2-12H2,1H3. The van der Waals surface area contributed by atoms with E-state index in [0.717, 1.165) is 18.0 Å². The van der Waals surface area contributed by atoms with Crippen molar-refractivity contribution in [3.05, 3.63) is 0 Å². The Morgan fingerprint density at radius 3 is 2.17 bits per heavy atom. The van der Waals surface area contributed by atoms with Gasteiger partial charge in [0.25, 0.3) is 0 Å². The highest BCUT2D eigenvalue weighted by Crippen LogP contribution is 2.29. The average Bonchev–Trinajstić information content (AvgIpc) is 3.23. The molecule has 3 heteroatoms. The first-order valence-corrected chi connectivity index (χ1v) is 7.97. The van der Waals surface area contributed by atoms with Gasteiger partial charge in [0.05, 0.1) is 0 Å². The topological polar surface area (TPSA) is 18.5 Å². The summed E-state index contributed by atoms with van der Waals surface area (Å²) < 4.78 is 0. The van der Waals surface area contributed by atoms with E-state index < -0.39 is 0 Å². The molecule has 1 aliphatic carbocycles. The van der Waals surface area contributed by atoms with Gasteiger partial charge in [0.15, 0.2) is 0 Å². The zero-order valence-electron chi connectivity index (χ0n) is 11.9. The van der Waals surface area contributed by atoms with Crippen LogP contribution in [-0.2, 0) is 0 Å². The highest BCUT2D eigenvalue weighted by Gasteiger charge is 2.31. The monoisotopic (exact) mass is 251 g/mol. The predicted molar refractivity (Wildman–Crippen MR) is 75.8 cm³/mol. The van der Waals surface area contributed by atoms with Crippen molar-refractivity contribution in [2.45, 2.75) is 50.6 Å². The molecule has 0 radical (unpaired) electrons. The zero-order valence-corrected chi connectivity index (χ0v) is 11.9. The van der Waals surface area contributed by atoms with Crippen molar-refractivity contribution in [3.63, 3.8) is 0 Å². The fraction of sp³-hybridized carbons (Fsp3) is 1.00. The van der Waals surface area contributed by atoms with Gasteiger partial charge in [0, 0.05) is 12.1 Å². The van der Waals surface area contributed by atoms with E-state index in [4.69, 9.17) is 0 Å². The van der Waals surface area contributed by atoms with E-state index in [1.807, 2.05) is 0 Å². The fourth-order valence-corrected chi connectivity index (χ4v) is 3.51. The van der Waals surface area contributed by atoms with Crippen LogP contribution in [0.2, 0.25) is 0 Å². The maximum atomic E-state index is 3.84. The van der Waals surface area contributed by atoms with Gasteiger partial charge in [-0.2, -0.15) is 0 Å². The van der Waals surface area contributed by atoms with Crippen LogP contribution in [0.4, 0.5) is 0 Å². The molecule has 2 saturated heterocycles. The molecule has 0 aromatic heterocycles. The van der Waals surface area contributed by atoms with Gasteiger partial charge < -0.3 is 15.1 Å². The molecule has 0 bridgehead atoms. The van der Waals surface area contributed by atoms with Crippen LogP contribution in [0, 0.1) is 5.92 Å². The van der Waals surface area contributed by atoms with Gasteiger partial charge in [-0.25, -0.2) is 0 Å². The second-order valence-corrected chi connectivity index (χ2v) is 6.70. The molecule has 1 N–H and O–H groups in total. The molecule has 0 unspecified atom stereocenters. The number of piperidine rings is 2. The highest BCUT2D eigenvalue weighted by molar-refractivity contribution is 4.89. The van der Waals surface area contributed by atoms with Crippen LogP contribution in [0.5, 0.6) is 0 Å². The van der Waals surface area contributed by atoms with Crippen LogP contribution in [0.3, 0.4) is 0 Å². The fourth-order valence-electron chi connectivity index (χ4n) is 3.51. The Morgan fingerprint density at radius 2 is 1.56 bits per heavy atom. The normalized spacial score (nSPS) is 29.8. The summed E-state index contributed by atoms with van der Waals surface area (Å²) in [6, 6.07) is 1.78. The summed E-state index contributed by atoms with van der Waals surface area (Å²) in [5.41, 5.74) is 0. The third kappa shape index (κ3) is 3.46. The number of nitrogens with zero attached hydrogens (tertiary/aromatic N) is 2. The number of likely N-dealkylation sites (tertiary alicyclic amines) is 2. The third-order valence-electron chi connectivity index (χ3n) is 5.13. The molecule has 2 aliphatic heterocycles. The summed E-state index contributed by atoms with van der Waals surface area (Å²) in [5.74, 6) is 0.933. The smallest absolute Gasteiger partial charge is 0.00964 e. The first-order valence-electron chi connectivity index (χ1n) is 7.97. The van der Waals surface area contributed by atoms with Crippen LogP contribution in [0.15, 0.2) is 0 Å². The molecule has 3 nitrogen and oxygen atoms in total. The highest BCUT2D eigenvalue weighted by atomic mass is 15.2. The van der Waals surface area contributed by atoms with Crippen molar-refractivity contribution >= 4 is 0 Å². The van der Waals surface area contributed by atoms with Crippen LogP contribution in [0.1, 0.15) is 38.5 Å². The summed E-state index contributed by atoms with van der Waals surface area (Å²) in [7, 11) is 2.25. The molecule has 104 valence electrons. The first kappa shape index (κ1) is 12.9. The number of hydrogen-bond acceptors (Lipinski definition) is 3. The lowest BCUT2D eigenvalue weighted by Gasteiger charge is -2.34. The largest absolute Gasteiger partial charge is 0.314 e. The van der Waals surface area contributed by atoms with Crippen molar-refractivity contribution in [1.82, 2.24) is 15.1 Å². The second-order valence-electron chi connectivity index (χ2n) is 6.70. The molecule has 0 aromatic rings. The van der Waals surface area contributed by atoms with E-state index in [9.17, 15) is 0 Å². The molecule has 3 aliphatic rings. The Hall–Kier alpha value is -0.120. The Kier molecular flexibility index (Phi) is 4.22. The molecule has 3 fully saturated rings. The minimum atomic E-state index is 0.805. The zero-order chi connectivity index (χ0) is 12.4. The summed E-state index contributed by atoms with van der Waals surface area (Å²) in [4.78, 5) is 5.18. The molecule has 2 heterocycles. The lowest BCUT2D eigenvalue weighted by atomic mass is 9.96. The molecule has 0 aromatic carbocycles. The maximum absolute atomic E-state index is 3.84. The Balaban J connectivity index is 1.31. The van der Waals surface area contributed by atoms with Crippen molar-refractivity contribution in [3.8, 4) is 0 Å². The number of rotatable bonds is 4. The summed E-state index contributed by atoms with van der Waals surface area (Å²) in [6.07, 6.45) is 8.47. The average molecular weight is 251 g/mol.